The van der Waals surface area contributed by atoms with Crippen LogP contribution in [-0.2, 0) is 11.2 Å². The van der Waals surface area contributed by atoms with Gasteiger partial charge in [-0.2, -0.15) is 0 Å². The third-order valence-electron chi connectivity index (χ3n) is 6.62. The number of rotatable bonds is 8. The average Bonchev–Trinajstić information content (AvgIpc) is 3.62. The molecule has 0 bridgehead atoms. The van der Waals surface area contributed by atoms with Gasteiger partial charge in [0.25, 0.3) is 0 Å². The van der Waals surface area contributed by atoms with Crippen LogP contribution in [0, 0.1) is 0 Å². The molecule has 0 saturated heterocycles. The summed E-state index contributed by atoms with van der Waals surface area (Å²) in [4.78, 5) is 15.1. The molecule has 1 amide bonds. The summed E-state index contributed by atoms with van der Waals surface area (Å²) >= 11 is 7.70. The Balaban J connectivity index is 1.32. The summed E-state index contributed by atoms with van der Waals surface area (Å²) in [6.45, 7) is 0.680. The van der Waals surface area contributed by atoms with Crippen molar-refractivity contribution < 1.29 is 14.3 Å². The second kappa shape index (κ2) is 11.5. The van der Waals surface area contributed by atoms with E-state index in [9.17, 15) is 4.79 Å². The number of nitrogens with zero attached hydrogens (tertiary/aromatic N) is 4. The minimum absolute atomic E-state index is 0.0259. The van der Waals surface area contributed by atoms with Crippen LogP contribution < -0.4 is 14.4 Å². The molecule has 0 fully saturated rings. The van der Waals surface area contributed by atoms with Gasteiger partial charge in [0.1, 0.15) is 17.2 Å². The molecule has 0 unspecified atom stereocenters. The predicted molar refractivity (Wildman–Crippen MR) is 158 cm³/mol. The molecule has 9 heteroatoms. The molecule has 0 saturated carbocycles. The molecular weight excluding hydrogens is 544 g/mol. The lowest BCUT2D eigenvalue weighted by Gasteiger charge is -2.17. The number of ether oxygens (including phenoxy) is 2. The molecule has 4 aromatic carbocycles. The number of carbonyl (C=O) groups is 1. The Morgan fingerprint density at radius 1 is 0.925 bits per heavy atom. The number of carbonyl (C=O) groups excluding carboxylic acids is 1. The number of aromatic nitrogens is 3. The first-order valence-corrected chi connectivity index (χ1v) is 14.1. The van der Waals surface area contributed by atoms with Crippen LogP contribution in [0.3, 0.4) is 0 Å². The van der Waals surface area contributed by atoms with E-state index in [1.165, 1.54) is 17.3 Å². The van der Waals surface area contributed by atoms with Crippen molar-refractivity contribution in [3.63, 3.8) is 0 Å². The zero-order valence-electron chi connectivity index (χ0n) is 21.7. The quantitative estimate of drug-likeness (QED) is 0.186. The Morgan fingerprint density at radius 3 is 2.48 bits per heavy atom. The second-order valence-electron chi connectivity index (χ2n) is 9.11. The molecule has 1 aliphatic heterocycles. The number of anilines is 1. The molecule has 7 nitrogen and oxygen atoms in total. The largest absolute Gasteiger partial charge is 0.496 e. The maximum absolute atomic E-state index is 13.3. The minimum atomic E-state index is 0.0259. The van der Waals surface area contributed by atoms with Gasteiger partial charge in [-0.05, 0) is 72.6 Å². The summed E-state index contributed by atoms with van der Waals surface area (Å²) in [6, 6.07) is 30.7. The molecule has 0 radical (unpaired) electrons. The Hall–Kier alpha value is -4.27. The molecule has 0 atom stereocenters. The first-order valence-electron chi connectivity index (χ1n) is 12.7. The van der Waals surface area contributed by atoms with E-state index in [1.54, 1.807) is 25.3 Å². The van der Waals surface area contributed by atoms with Crippen molar-refractivity contribution in [3.05, 3.63) is 108 Å². The van der Waals surface area contributed by atoms with Crippen LogP contribution in [0.2, 0.25) is 5.02 Å². The Bertz CT molecular complexity index is 1660. The monoisotopic (exact) mass is 568 g/mol. The van der Waals surface area contributed by atoms with Crippen molar-refractivity contribution in [2.24, 2.45) is 0 Å². The second-order valence-corrected chi connectivity index (χ2v) is 10.5. The number of halogens is 1. The van der Waals surface area contributed by atoms with Crippen molar-refractivity contribution in [2.75, 3.05) is 24.3 Å². The topological polar surface area (TPSA) is 69.5 Å². The highest BCUT2D eigenvalue weighted by atomic mass is 35.5. The highest BCUT2D eigenvalue weighted by Gasteiger charge is 2.26. The van der Waals surface area contributed by atoms with Gasteiger partial charge in [0, 0.05) is 17.3 Å². The number of amides is 1. The third kappa shape index (κ3) is 5.28. The fraction of sp³-hybridized carbons (Fsp3) is 0.129. The number of benzene rings is 4. The molecule has 0 N–H and O–H groups in total. The summed E-state index contributed by atoms with van der Waals surface area (Å²) in [5.74, 6) is 2.86. The lowest BCUT2D eigenvalue weighted by Crippen LogP contribution is -2.30. The highest BCUT2D eigenvalue weighted by Crippen LogP contribution is 2.36. The third-order valence-corrected chi connectivity index (χ3v) is 7.77. The van der Waals surface area contributed by atoms with Crippen LogP contribution in [0.5, 0.6) is 17.2 Å². The van der Waals surface area contributed by atoms with Crippen LogP contribution in [0.25, 0.3) is 17.1 Å². The summed E-state index contributed by atoms with van der Waals surface area (Å²) in [6.07, 6.45) is 0.860. The van der Waals surface area contributed by atoms with Crippen molar-refractivity contribution >= 4 is 35.0 Å². The summed E-state index contributed by atoms with van der Waals surface area (Å²) in [7, 11) is 1.60. The van der Waals surface area contributed by atoms with Gasteiger partial charge in [0.2, 0.25) is 5.91 Å². The number of fused-ring (bicyclic) bond motifs is 1. The van der Waals surface area contributed by atoms with Crippen molar-refractivity contribution in [1.29, 1.82) is 0 Å². The zero-order chi connectivity index (χ0) is 27.5. The van der Waals surface area contributed by atoms with Gasteiger partial charge < -0.3 is 14.4 Å². The van der Waals surface area contributed by atoms with Gasteiger partial charge in [-0.25, -0.2) is 0 Å². The SMILES string of the molecule is COc1ccc(Cl)cc1-c1nnc(SCC(=O)N2CCc3ccccc32)n1-c1ccc(Oc2ccccc2)cc1. The van der Waals surface area contributed by atoms with E-state index in [0.717, 1.165) is 23.5 Å². The molecule has 40 heavy (non-hydrogen) atoms. The fourth-order valence-corrected chi connectivity index (χ4v) is 5.72. The maximum Gasteiger partial charge on any atom is 0.237 e. The molecule has 6 rings (SSSR count). The summed E-state index contributed by atoms with van der Waals surface area (Å²) in [5.41, 5.74) is 3.67. The Labute approximate surface area is 241 Å². The smallest absolute Gasteiger partial charge is 0.237 e. The van der Waals surface area contributed by atoms with E-state index < -0.39 is 0 Å². The number of para-hydroxylation sites is 2. The first-order chi connectivity index (χ1) is 19.6. The van der Waals surface area contributed by atoms with Gasteiger partial charge in [-0.3, -0.25) is 9.36 Å². The average molecular weight is 569 g/mol. The van der Waals surface area contributed by atoms with E-state index in [-0.39, 0.29) is 11.7 Å². The van der Waals surface area contributed by atoms with E-state index in [0.29, 0.717) is 39.6 Å². The van der Waals surface area contributed by atoms with Crippen LogP contribution in [0.15, 0.2) is 102 Å². The van der Waals surface area contributed by atoms with Crippen molar-refractivity contribution in [1.82, 2.24) is 14.8 Å². The normalized spacial score (nSPS) is 12.3. The van der Waals surface area contributed by atoms with E-state index in [4.69, 9.17) is 21.1 Å². The minimum Gasteiger partial charge on any atom is -0.496 e. The molecule has 1 aromatic heterocycles. The zero-order valence-corrected chi connectivity index (χ0v) is 23.2. The Kier molecular flexibility index (Phi) is 7.44. The molecule has 2 heterocycles. The molecule has 1 aliphatic rings. The van der Waals surface area contributed by atoms with Gasteiger partial charge in [-0.1, -0.05) is 59.8 Å². The number of hydrogen-bond acceptors (Lipinski definition) is 6. The van der Waals surface area contributed by atoms with Crippen molar-refractivity contribution in [2.45, 2.75) is 11.6 Å². The van der Waals surface area contributed by atoms with E-state index >= 15 is 0 Å². The molecule has 5 aromatic rings. The van der Waals surface area contributed by atoms with Crippen LogP contribution >= 0.6 is 23.4 Å². The summed E-state index contributed by atoms with van der Waals surface area (Å²) in [5, 5.41) is 10.1. The molecule has 0 spiro atoms. The van der Waals surface area contributed by atoms with Crippen LogP contribution in [0.4, 0.5) is 5.69 Å². The Morgan fingerprint density at radius 2 is 1.68 bits per heavy atom. The summed E-state index contributed by atoms with van der Waals surface area (Å²) < 4.78 is 13.5. The van der Waals surface area contributed by atoms with Crippen LogP contribution in [0.1, 0.15) is 5.56 Å². The van der Waals surface area contributed by atoms with Crippen LogP contribution in [-0.4, -0.2) is 40.1 Å². The maximum atomic E-state index is 13.3. The predicted octanol–water partition coefficient (Wildman–Crippen LogP) is 7.07. The fourth-order valence-electron chi connectivity index (χ4n) is 4.71. The first kappa shape index (κ1) is 26.0. The van der Waals surface area contributed by atoms with Crippen molar-refractivity contribution in [3.8, 4) is 34.3 Å². The number of hydrogen-bond donors (Lipinski definition) is 0. The standard InChI is InChI=1S/C31H25ClN4O3S/c1-38-28-16-11-22(32)19-26(28)30-33-34-31(40-20-29(37)35-18-17-21-7-5-6-10-27(21)35)36(30)23-12-14-25(15-13-23)39-24-8-3-2-4-9-24/h2-16,19H,17-18,20H2,1H3. The van der Waals surface area contributed by atoms with Gasteiger partial charge in [0.15, 0.2) is 11.0 Å². The van der Waals surface area contributed by atoms with Gasteiger partial charge in [0.05, 0.1) is 24.1 Å². The lowest BCUT2D eigenvalue weighted by molar-refractivity contribution is -0.116. The lowest BCUT2D eigenvalue weighted by atomic mass is 10.2. The van der Waals surface area contributed by atoms with Gasteiger partial charge in [-0.15, -0.1) is 10.2 Å². The molecular formula is C31H25ClN4O3S. The van der Waals surface area contributed by atoms with Gasteiger partial charge >= 0.3 is 0 Å². The molecule has 0 aliphatic carbocycles. The number of methoxy groups -OCH3 is 1. The molecule has 200 valence electrons. The van der Waals surface area contributed by atoms with E-state index in [2.05, 4.69) is 16.3 Å². The number of thioether (sulfide) groups is 1. The highest BCUT2D eigenvalue weighted by molar-refractivity contribution is 7.99. The van der Waals surface area contributed by atoms with E-state index in [1.807, 2.05) is 82.3 Å².